The molecule has 0 aliphatic carbocycles. The summed E-state index contributed by atoms with van der Waals surface area (Å²) in [5.41, 5.74) is 2.50. The molecule has 1 aliphatic rings. The van der Waals surface area contributed by atoms with Gasteiger partial charge in [-0.05, 0) is 0 Å². The number of rotatable bonds is 0. The third-order valence-electron chi connectivity index (χ3n) is 0.562. The fraction of sp³-hybridized carbons (Fsp3) is 1.00. The molecule has 0 saturated heterocycles. The van der Waals surface area contributed by atoms with E-state index in [0.29, 0.717) is 0 Å². The van der Waals surface area contributed by atoms with Gasteiger partial charge >= 0.3 is 52.8 Å². The predicted molar refractivity (Wildman–Crippen MR) is 23.3 cm³/mol. The predicted octanol–water partition coefficient (Wildman–Crippen LogP) is -2.56. The third-order valence-corrected chi connectivity index (χ3v) is 1.52. The van der Waals surface area contributed by atoms with E-state index in [2.05, 4.69) is 15.9 Å². The Kier molecular flexibility index (Phi) is 1.44. The summed E-state index contributed by atoms with van der Waals surface area (Å²) in [6.07, 6.45) is 0. The SMILES string of the molecule is [O-][NH+]1N=NNC1[TeH]. The fourth-order valence-electron chi connectivity index (χ4n) is 0.243. The molecule has 0 aromatic heterocycles. The van der Waals surface area contributed by atoms with Gasteiger partial charge in [0, 0.05) is 0 Å². The number of hydrogen-bond acceptors (Lipinski definition) is 4. The van der Waals surface area contributed by atoms with Gasteiger partial charge in [-0.1, -0.05) is 0 Å². The van der Waals surface area contributed by atoms with E-state index in [9.17, 15) is 5.21 Å². The van der Waals surface area contributed by atoms with Gasteiger partial charge < -0.3 is 0 Å². The normalized spacial score (nSPS) is 38.6. The maximum atomic E-state index is 10.3. The van der Waals surface area contributed by atoms with Gasteiger partial charge in [-0.15, -0.1) is 0 Å². The summed E-state index contributed by atoms with van der Waals surface area (Å²) < 4.78 is -0.158. The summed E-state index contributed by atoms with van der Waals surface area (Å²) in [4.78, 5) is 0. The van der Waals surface area contributed by atoms with E-state index < -0.39 is 0 Å². The van der Waals surface area contributed by atoms with E-state index in [1.807, 2.05) is 0 Å². The summed E-state index contributed by atoms with van der Waals surface area (Å²) in [5, 5.41) is 16.6. The molecule has 2 N–H and O–H groups in total. The van der Waals surface area contributed by atoms with Crippen LogP contribution in [0.5, 0.6) is 0 Å². The van der Waals surface area contributed by atoms with Crippen molar-refractivity contribution in [2.75, 3.05) is 0 Å². The molecule has 0 fully saturated rings. The van der Waals surface area contributed by atoms with Gasteiger partial charge in [-0.3, -0.25) is 0 Å². The van der Waals surface area contributed by atoms with Crippen LogP contribution in [0.25, 0.3) is 0 Å². The number of nitrogens with zero attached hydrogens (tertiary/aromatic N) is 2. The van der Waals surface area contributed by atoms with Gasteiger partial charge in [0.1, 0.15) is 0 Å². The Morgan fingerprint density at radius 1 is 1.86 bits per heavy atom. The molecule has 1 rings (SSSR count). The minimum atomic E-state index is -0.172. The first-order chi connectivity index (χ1) is 3.30. The Morgan fingerprint density at radius 3 is 2.71 bits per heavy atom. The van der Waals surface area contributed by atoms with Crippen molar-refractivity contribution in [1.82, 2.24) is 5.43 Å². The van der Waals surface area contributed by atoms with Gasteiger partial charge in [0.15, 0.2) is 0 Å². The van der Waals surface area contributed by atoms with Crippen LogP contribution in [0.3, 0.4) is 0 Å². The van der Waals surface area contributed by atoms with E-state index >= 15 is 0 Å². The van der Waals surface area contributed by atoms with Crippen molar-refractivity contribution in [2.24, 2.45) is 10.4 Å². The van der Waals surface area contributed by atoms with Crippen molar-refractivity contribution in [3.05, 3.63) is 5.21 Å². The third kappa shape index (κ3) is 1.01. The van der Waals surface area contributed by atoms with Crippen LogP contribution in [0.2, 0.25) is 0 Å². The van der Waals surface area contributed by atoms with Crippen LogP contribution in [0.4, 0.5) is 0 Å². The number of hydrogen-bond donors (Lipinski definition) is 2. The molecule has 2 unspecified atom stereocenters. The van der Waals surface area contributed by atoms with Crippen LogP contribution in [-0.4, -0.2) is 26.5 Å². The zero-order chi connectivity index (χ0) is 5.28. The second-order valence-electron chi connectivity index (χ2n) is 1.07. The molecule has 1 heterocycles. The molecule has 0 bridgehead atoms. The monoisotopic (exact) mass is 218 g/mol. The van der Waals surface area contributed by atoms with Gasteiger partial charge in [0.2, 0.25) is 0 Å². The van der Waals surface area contributed by atoms with Crippen LogP contribution in [-0.2, 0) is 0 Å². The second kappa shape index (κ2) is 1.92. The standard InChI is InChI=1S/CH4N4OTe/c6-5-1(7)2-3-4-5/h1,5,7H,(H,2,4). The van der Waals surface area contributed by atoms with Crippen molar-refractivity contribution < 1.29 is 5.17 Å². The molecular formula is CH4N4OTe. The van der Waals surface area contributed by atoms with E-state index in [1.54, 1.807) is 0 Å². The van der Waals surface area contributed by atoms with Gasteiger partial charge in [-0.25, -0.2) is 0 Å². The molecule has 0 aromatic carbocycles. The molecule has 1 aliphatic heterocycles. The quantitative estimate of drug-likeness (QED) is 0.345. The van der Waals surface area contributed by atoms with E-state index in [0.717, 1.165) is 0 Å². The summed E-state index contributed by atoms with van der Waals surface area (Å²) in [6, 6.07) is 0. The molecule has 0 amide bonds. The van der Waals surface area contributed by atoms with Gasteiger partial charge in [0.05, 0.1) is 0 Å². The summed E-state index contributed by atoms with van der Waals surface area (Å²) in [5.74, 6) is 0. The average Bonchev–Trinajstić information content (AvgIpc) is 1.91. The molecule has 0 radical (unpaired) electrons. The molecule has 2 atom stereocenters. The van der Waals surface area contributed by atoms with Crippen LogP contribution < -0.4 is 10.6 Å². The van der Waals surface area contributed by atoms with E-state index in [-0.39, 0.29) is 9.39 Å². The molecule has 0 aromatic rings. The molecule has 5 nitrogen and oxygen atoms in total. The fourth-order valence-corrected chi connectivity index (χ4v) is 0.538. The second-order valence-corrected chi connectivity index (χ2v) is 2.54. The van der Waals surface area contributed by atoms with Crippen LogP contribution >= 0.6 is 0 Å². The van der Waals surface area contributed by atoms with Gasteiger partial charge in [0.25, 0.3) is 0 Å². The van der Waals surface area contributed by atoms with E-state index in [4.69, 9.17) is 0 Å². The molecule has 6 heteroatoms. The maximum absolute atomic E-state index is 10.3. The van der Waals surface area contributed by atoms with Crippen molar-refractivity contribution in [3.8, 4) is 0 Å². The Labute approximate surface area is 53.2 Å². The first-order valence-electron chi connectivity index (χ1n) is 1.69. The summed E-state index contributed by atoms with van der Waals surface area (Å²) >= 11 is 1.38. The molecule has 7 heavy (non-hydrogen) atoms. The zero-order valence-corrected chi connectivity index (χ0v) is 5.88. The first-order valence-corrected chi connectivity index (χ1v) is 3.16. The topological polar surface area (TPSA) is 64.2 Å². The Morgan fingerprint density at radius 2 is 2.57 bits per heavy atom. The van der Waals surface area contributed by atoms with Crippen LogP contribution in [0.15, 0.2) is 10.4 Å². The molecule has 0 spiro atoms. The zero-order valence-electron chi connectivity index (χ0n) is 3.33. The van der Waals surface area contributed by atoms with Crippen molar-refractivity contribution in [2.45, 2.75) is 4.21 Å². The molecule has 0 saturated carbocycles. The Balaban J connectivity index is 2.45. The van der Waals surface area contributed by atoms with Crippen LogP contribution in [0, 0.1) is 5.21 Å². The van der Waals surface area contributed by atoms with Gasteiger partial charge in [-0.2, -0.15) is 0 Å². The van der Waals surface area contributed by atoms with Crippen molar-refractivity contribution in [1.29, 1.82) is 0 Å². The summed E-state index contributed by atoms with van der Waals surface area (Å²) in [6.45, 7) is 0. The average molecular weight is 216 g/mol. The van der Waals surface area contributed by atoms with Crippen LogP contribution in [0.1, 0.15) is 0 Å². The number of nitrogens with one attached hydrogen (secondary N) is 2. The Hall–Kier alpha value is 0.110. The summed E-state index contributed by atoms with van der Waals surface area (Å²) in [7, 11) is 0. The number of quaternary nitrogens is 1. The number of hydroxylamine groups is 1. The van der Waals surface area contributed by atoms with Crippen molar-refractivity contribution >= 4 is 22.3 Å². The first kappa shape index (κ1) is 5.25. The molecule has 40 valence electrons. The van der Waals surface area contributed by atoms with E-state index in [1.165, 1.54) is 22.3 Å². The van der Waals surface area contributed by atoms with Crippen molar-refractivity contribution in [3.63, 3.8) is 0 Å². The molecular weight excluding hydrogens is 212 g/mol. The Bertz CT molecular complexity index is 93.7. The minimum absolute atomic E-state index is 0.158.